The van der Waals surface area contributed by atoms with E-state index in [1.165, 1.54) is 22.5 Å². The quantitative estimate of drug-likeness (QED) is 0.863. The number of benzene rings is 1. The summed E-state index contributed by atoms with van der Waals surface area (Å²) in [5.74, 6) is 0.611. The van der Waals surface area contributed by atoms with Crippen LogP contribution in [-0.2, 0) is 10.0 Å². The molecule has 0 bridgehead atoms. The molecule has 1 saturated heterocycles. The van der Waals surface area contributed by atoms with Crippen LogP contribution >= 0.6 is 0 Å². The molecular formula is C14H19N3O2S. The van der Waals surface area contributed by atoms with E-state index in [0.29, 0.717) is 24.6 Å². The standard InChI is InChI=1S/C14H19N3O2S/c1-2-11-5-7-17(8-6-11)20(18,19)14-4-3-12(10-15)9-13(14)16/h3-4,9,11H,2,5-8,16H2,1H3. The van der Waals surface area contributed by atoms with Crippen molar-refractivity contribution >= 4 is 15.7 Å². The summed E-state index contributed by atoms with van der Waals surface area (Å²) in [5, 5.41) is 8.80. The Balaban J connectivity index is 2.25. The summed E-state index contributed by atoms with van der Waals surface area (Å²) in [6.45, 7) is 3.22. The normalized spacial score (nSPS) is 17.8. The van der Waals surface area contributed by atoms with Crippen LogP contribution in [0.15, 0.2) is 23.1 Å². The van der Waals surface area contributed by atoms with Crippen LogP contribution < -0.4 is 5.73 Å². The molecule has 1 aliphatic heterocycles. The van der Waals surface area contributed by atoms with Gasteiger partial charge in [0.2, 0.25) is 10.0 Å². The first-order valence-corrected chi connectivity index (χ1v) is 8.22. The fraction of sp³-hybridized carbons (Fsp3) is 0.500. The van der Waals surface area contributed by atoms with Gasteiger partial charge in [0.1, 0.15) is 4.90 Å². The highest BCUT2D eigenvalue weighted by molar-refractivity contribution is 7.89. The van der Waals surface area contributed by atoms with Crippen molar-refractivity contribution in [2.45, 2.75) is 31.1 Å². The topological polar surface area (TPSA) is 87.2 Å². The van der Waals surface area contributed by atoms with Crippen molar-refractivity contribution in [3.8, 4) is 6.07 Å². The van der Waals surface area contributed by atoms with E-state index in [1.54, 1.807) is 0 Å². The third-order valence-electron chi connectivity index (χ3n) is 3.91. The van der Waals surface area contributed by atoms with Crippen LogP contribution in [0.25, 0.3) is 0 Å². The predicted molar refractivity (Wildman–Crippen MR) is 77.3 cm³/mol. The molecule has 1 aliphatic rings. The number of sulfonamides is 1. The molecule has 0 unspecified atom stereocenters. The lowest BCUT2D eigenvalue weighted by atomic mass is 9.96. The third kappa shape index (κ3) is 2.79. The van der Waals surface area contributed by atoms with Crippen LogP contribution in [0.4, 0.5) is 5.69 Å². The van der Waals surface area contributed by atoms with Gasteiger partial charge in [0, 0.05) is 13.1 Å². The van der Waals surface area contributed by atoms with Gasteiger partial charge in [0.25, 0.3) is 0 Å². The zero-order valence-electron chi connectivity index (χ0n) is 11.5. The van der Waals surface area contributed by atoms with Crippen LogP contribution in [0, 0.1) is 17.2 Å². The number of hydrogen-bond donors (Lipinski definition) is 1. The van der Waals surface area contributed by atoms with Crippen LogP contribution in [0.2, 0.25) is 0 Å². The van der Waals surface area contributed by atoms with E-state index in [0.717, 1.165) is 19.3 Å². The van der Waals surface area contributed by atoms with Gasteiger partial charge in [-0.3, -0.25) is 0 Å². The molecule has 1 aromatic rings. The molecule has 2 rings (SSSR count). The van der Waals surface area contributed by atoms with Crippen molar-refractivity contribution in [3.63, 3.8) is 0 Å². The number of nitrogen functional groups attached to an aromatic ring is 1. The molecule has 5 nitrogen and oxygen atoms in total. The molecule has 0 atom stereocenters. The second-order valence-electron chi connectivity index (χ2n) is 5.12. The van der Waals surface area contributed by atoms with E-state index in [-0.39, 0.29) is 10.6 Å². The number of rotatable bonds is 3. The van der Waals surface area contributed by atoms with Gasteiger partial charge in [-0.25, -0.2) is 8.42 Å². The molecule has 108 valence electrons. The zero-order valence-corrected chi connectivity index (χ0v) is 12.4. The Labute approximate surface area is 120 Å². The smallest absolute Gasteiger partial charge is 0.245 e. The van der Waals surface area contributed by atoms with Crippen molar-refractivity contribution in [2.24, 2.45) is 5.92 Å². The van der Waals surface area contributed by atoms with Gasteiger partial charge in [0.05, 0.1) is 17.3 Å². The number of nitrogens with zero attached hydrogens (tertiary/aromatic N) is 2. The number of piperidine rings is 1. The monoisotopic (exact) mass is 293 g/mol. The molecule has 2 N–H and O–H groups in total. The minimum atomic E-state index is -3.55. The van der Waals surface area contributed by atoms with Gasteiger partial charge in [-0.15, -0.1) is 0 Å². The van der Waals surface area contributed by atoms with Crippen molar-refractivity contribution in [2.75, 3.05) is 18.8 Å². The van der Waals surface area contributed by atoms with E-state index in [2.05, 4.69) is 6.92 Å². The summed E-state index contributed by atoms with van der Waals surface area (Å²) >= 11 is 0. The van der Waals surface area contributed by atoms with Gasteiger partial charge >= 0.3 is 0 Å². The van der Waals surface area contributed by atoms with E-state index in [9.17, 15) is 8.42 Å². The fourth-order valence-corrected chi connectivity index (χ4v) is 4.12. The summed E-state index contributed by atoms with van der Waals surface area (Å²) < 4.78 is 26.6. The van der Waals surface area contributed by atoms with Gasteiger partial charge in [-0.2, -0.15) is 9.57 Å². The Bertz CT molecular complexity index is 626. The average molecular weight is 293 g/mol. The fourth-order valence-electron chi connectivity index (χ4n) is 2.55. The Morgan fingerprint density at radius 3 is 2.55 bits per heavy atom. The lowest BCUT2D eigenvalue weighted by molar-refractivity contribution is 0.269. The molecule has 1 aromatic carbocycles. The van der Waals surface area contributed by atoms with Crippen molar-refractivity contribution < 1.29 is 8.42 Å². The van der Waals surface area contributed by atoms with Crippen LogP contribution in [-0.4, -0.2) is 25.8 Å². The maximum Gasteiger partial charge on any atom is 0.245 e. The molecular weight excluding hydrogens is 274 g/mol. The first kappa shape index (κ1) is 14.8. The highest BCUT2D eigenvalue weighted by Gasteiger charge is 2.30. The van der Waals surface area contributed by atoms with Crippen molar-refractivity contribution in [1.82, 2.24) is 4.31 Å². The molecule has 20 heavy (non-hydrogen) atoms. The summed E-state index contributed by atoms with van der Waals surface area (Å²) in [7, 11) is -3.55. The molecule has 1 heterocycles. The predicted octanol–water partition coefficient (Wildman–Crippen LogP) is 1.95. The van der Waals surface area contributed by atoms with Crippen molar-refractivity contribution in [3.05, 3.63) is 23.8 Å². The highest BCUT2D eigenvalue weighted by Crippen LogP contribution is 2.28. The first-order chi connectivity index (χ1) is 9.48. The largest absolute Gasteiger partial charge is 0.398 e. The molecule has 0 saturated carbocycles. The minimum Gasteiger partial charge on any atom is -0.398 e. The Morgan fingerprint density at radius 1 is 1.40 bits per heavy atom. The Morgan fingerprint density at radius 2 is 2.05 bits per heavy atom. The Kier molecular flexibility index (Phi) is 4.31. The molecule has 0 spiro atoms. The van der Waals surface area contributed by atoms with Gasteiger partial charge in [-0.05, 0) is 37.0 Å². The number of hydrogen-bond acceptors (Lipinski definition) is 4. The average Bonchev–Trinajstić information content (AvgIpc) is 2.46. The molecule has 1 fully saturated rings. The molecule has 6 heteroatoms. The second-order valence-corrected chi connectivity index (χ2v) is 7.03. The maximum atomic E-state index is 12.6. The summed E-state index contributed by atoms with van der Waals surface area (Å²) in [4.78, 5) is 0.103. The molecule has 0 radical (unpaired) electrons. The number of nitriles is 1. The molecule has 0 aromatic heterocycles. The molecule has 0 amide bonds. The Hall–Kier alpha value is -1.58. The van der Waals surface area contributed by atoms with E-state index >= 15 is 0 Å². The highest BCUT2D eigenvalue weighted by atomic mass is 32.2. The van der Waals surface area contributed by atoms with Gasteiger partial charge < -0.3 is 5.73 Å². The number of nitrogens with two attached hydrogens (primary N) is 1. The lowest BCUT2D eigenvalue weighted by Crippen LogP contribution is -2.38. The SMILES string of the molecule is CCC1CCN(S(=O)(=O)c2ccc(C#N)cc2N)CC1. The van der Waals surface area contributed by atoms with Gasteiger partial charge in [0.15, 0.2) is 0 Å². The second kappa shape index (κ2) is 5.81. The van der Waals surface area contributed by atoms with Crippen LogP contribution in [0.3, 0.4) is 0 Å². The summed E-state index contributed by atoms with van der Waals surface area (Å²) in [6, 6.07) is 6.27. The third-order valence-corrected chi connectivity index (χ3v) is 5.88. The van der Waals surface area contributed by atoms with E-state index in [4.69, 9.17) is 11.0 Å². The van der Waals surface area contributed by atoms with E-state index < -0.39 is 10.0 Å². The number of anilines is 1. The first-order valence-electron chi connectivity index (χ1n) is 6.78. The summed E-state index contributed by atoms with van der Waals surface area (Å²) in [5.41, 5.74) is 6.29. The zero-order chi connectivity index (χ0) is 14.8. The van der Waals surface area contributed by atoms with Crippen LogP contribution in [0.1, 0.15) is 31.7 Å². The molecule has 0 aliphatic carbocycles. The lowest BCUT2D eigenvalue weighted by Gasteiger charge is -2.30. The van der Waals surface area contributed by atoms with Crippen molar-refractivity contribution in [1.29, 1.82) is 5.26 Å². The summed E-state index contributed by atoms with van der Waals surface area (Å²) in [6.07, 6.45) is 2.88. The maximum absolute atomic E-state index is 12.6. The van der Waals surface area contributed by atoms with E-state index in [1.807, 2.05) is 6.07 Å². The van der Waals surface area contributed by atoms with Crippen LogP contribution in [0.5, 0.6) is 0 Å². The van der Waals surface area contributed by atoms with Gasteiger partial charge in [-0.1, -0.05) is 13.3 Å². The minimum absolute atomic E-state index is 0.103.